The number of hydrogen-bond donors (Lipinski definition) is 2. The highest BCUT2D eigenvalue weighted by Crippen LogP contribution is 2.09. The van der Waals surface area contributed by atoms with Crippen LogP contribution in [0.3, 0.4) is 0 Å². The number of benzene rings is 1. The van der Waals surface area contributed by atoms with Gasteiger partial charge in [0.25, 0.3) is 5.91 Å². The van der Waals surface area contributed by atoms with Crippen LogP contribution in [-0.4, -0.2) is 53.5 Å². The van der Waals surface area contributed by atoms with Crippen LogP contribution < -0.4 is 5.48 Å². The van der Waals surface area contributed by atoms with Gasteiger partial charge in [-0.05, 0) is 17.7 Å². The van der Waals surface area contributed by atoms with Crippen molar-refractivity contribution in [1.29, 1.82) is 0 Å². The van der Waals surface area contributed by atoms with E-state index in [-0.39, 0.29) is 0 Å². The Morgan fingerprint density at radius 1 is 1.21 bits per heavy atom. The largest absolute Gasteiger partial charge is 0.343 e. The van der Waals surface area contributed by atoms with E-state index in [9.17, 15) is 9.59 Å². The molecule has 0 unspecified atom stereocenters. The standard InChI is InChI=1S/C13H17N3O3/c17-10-16-7-5-15(6-8-16)9-11-1-3-12(4-2-11)13(18)14-19/h1-4,10,19H,5-9H2,(H,14,18). The van der Waals surface area contributed by atoms with Crippen LogP contribution in [0.25, 0.3) is 0 Å². The first-order chi connectivity index (χ1) is 9.22. The fourth-order valence-electron chi connectivity index (χ4n) is 2.11. The summed E-state index contributed by atoms with van der Waals surface area (Å²) in [4.78, 5) is 25.8. The zero-order valence-corrected chi connectivity index (χ0v) is 10.6. The molecule has 2 amide bonds. The number of hydrogen-bond acceptors (Lipinski definition) is 4. The van der Waals surface area contributed by atoms with Crippen LogP contribution in [0.1, 0.15) is 15.9 Å². The summed E-state index contributed by atoms with van der Waals surface area (Å²) in [5, 5.41) is 8.53. The van der Waals surface area contributed by atoms with Gasteiger partial charge >= 0.3 is 0 Å². The highest BCUT2D eigenvalue weighted by molar-refractivity contribution is 5.93. The summed E-state index contributed by atoms with van der Waals surface area (Å²) in [5.74, 6) is -0.508. The van der Waals surface area contributed by atoms with Gasteiger partial charge in [-0.2, -0.15) is 0 Å². The predicted octanol–water partition coefficient (Wildman–Crippen LogP) is 0.0796. The van der Waals surface area contributed by atoms with E-state index in [1.54, 1.807) is 22.5 Å². The van der Waals surface area contributed by atoms with Gasteiger partial charge in [0.15, 0.2) is 0 Å². The van der Waals surface area contributed by atoms with Gasteiger partial charge in [-0.25, -0.2) is 5.48 Å². The van der Waals surface area contributed by atoms with Crippen molar-refractivity contribution in [3.05, 3.63) is 35.4 Å². The molecule has 0 saturated carbocycles. The van der Waals surface area contributed by atoms with Gasteiger partial charge in [0.05, 0.1) is 0 Å². The second kappa shape index (κ2) is 6.31. The molecule has 2 rings (SSSR count). The third-order valence-electron chi connectivity index (χ3n) is 3.28. The van der Waals surface area contributed by atoms with Crippen molar-refractivity contribution in [3.8, 4) is 0 Å². The molecule has 0 bridgehead atoms. The monoisotopic (exact) mass is 263 g/mol. The molecular weight excluding hydrogens is 246 g/mol. The second-order valence-electron chi connectivity index (χ2n) is 4.56. The van der Waals surface area contributed by atoms with Crippen molar-refractivity contribution >= 4 is 12.3 Å². The zero-order chi connectivity index (χ0) is 13.7. The molecule has 1 aliphatic heterocycles. The van der Waals surface area contributed by atoms with Gasteiger partial charge in [0, 0.05) is 38.3 Å². The third kappa shape index (κ3) is 3.52. The molecule has 1 saturated heterocycles. The van der Waals surface area contributed by atoms with Crippen molar-refractivity contribution in [2.45, 2.75) is 6.54 Å². The first kappa shape index (κ1) is 13.5. The second-order valence-corrected chi connectivity index (χ2v) is 4.56. The molecule has 1 heterocycles. The minimum absolute atomic E-state index is 0.428. The van der Waals surface area contributed by atoms with Crippen LogP contribution in [0.2, 0.25) is 0 Å². The lowest BCUT2D eigenvalue weighted by Crippen LogP contribution is -2.45. The maximum Gasteiger partial charge on any atom is 0.274 e. The normalized spacial score (nSPS) is 16.2. The predicted molar refractivity (Wildman–Crippen MR) is 68.6 cm³/mol. The lowest BCUT2D eigenvalue weighted by Gasteiger charge is -2.32. The molecule has 6 heteroatoms. The summed E-state index contributed by atoms with van der Waals surface area (Å²) in [6.07, 6.45) is 0.889. The molecule has 1 aliphatic rings. The van der Waals surface area contributed by atoms with Crippen LogP contribution in [0.15, 0.2) is 24.3 Å². The highest BCUT2D eigenvalue weighted by Gasteiger charge is 2.15. The summed E-state index contributed by atoms with van der Waals surface area (Å²) in [6.45, 7) is 4.03. The Bertz CT molecular complexity index is 439. The van der Waals surface area contributed by atoms with Gasteiger partial charge in [0.2, 0.25) is 6.41 Å². The van der Waals surface area contributed by atoms with E-state index in [0.717, 1.165) is 44.7 Å². The van der Waals surface area contributed by atoms with Gasteiger partial charge in [0.1, 0.15) is 0 Å². The quantitative estimate of drug-likeness (QED) is 0.458. The van der Waals surface area contributed by atoms with Gasteiger partial charge in [-0.1, -0.05) is 12.1 Å². The van der Waals surface area contributed by atoms with E-state index in [4.69, 9.17) is 5.21 Å². The molecule has 2 N–H and O–H groups in total. The SMILES string of the molecule is O=CN1CCN(Cc2ccc(C(=O)NO)cc2)CC1. The summed E-state index contributed by atoms with van der Waals surface area (Å²) in [7, 11) is 0. The Labute approximate surface area is 111 Å². The molecule has 0 radical (unpaired) electrons. The van der Waals surface area contributed by atoms with Crippen molar-refractivity contribution in [2.75, 3.05) is 26.2 Å². The third-order valence-corrected chi connectivity index (χ3v) is 3.28. The summed E-state index contributed by atoms with van der Waals surface area (Å²) >= 11 is 0. The average molecular weight is 263 g/mol. The maximum absolute atomic E-state index is 11.2. The first-order valence-corrected chi connectivity index (χ1v) is 6.18. The maximum atomic E-state index is 11.2. The molecule has 1 aromatic rings. The Morgan fingerprint density at radius 2 is 1.84 bits per heavy atom. The molecule has 102 valence electrons. The number of carbonyl (C=O) groups excluding carboxylic acids is 2. The summed E-state index contributed by atoms with van der Waals surface area (Å²) in [5.41, 5.74) is 3.14. The minimum Gasteiger partial charge on any atom is -0.343 e. The van der Waals surface area contributed by atoms with E-state index < -0.39 is 5.91 Å². The number of rotatable bonds is 4. The number of carbonyl (C=O) groups is 2. The number of nitrogens with one attached hydrogen (secondary N) is 1. The lowest BCUT2D eigenvalue weighted by atomic mass is 10.1. The van der Waals surface area contributed by atoms with Crippen LogP contribution in [0, 0.1) is 0 Å². The molecule has 19 heavy (non-hydrogen) atoms. The molecule has 0 spiro atoms. The lowest BCUT2D eigenvalue weighted by molar-refractivity contribution is -0.119. The van der Waals surface area contributed by atoms with Crippen molar-refractivity contribution in [1.82, 2.24) is 15.3 Å². The number of amides is 2. The summed E-state index contributed by atoms with van der Waals surface area (Å²) < 4.78 is 0. The molecule has 0 aliphatic carbocycles. The fourth-order valence-corrected chi connectivity index (χ4v) is 2.11. The zero-order valence-electron chi connectivity index (χ0n) is 10.6. The minimum atomic E-state index is -0.508. The highest BCUT2D eigenvalue weighted by atomic mass is 16.5. The van der Waals surface area contributed by atoms with Crippen molar-refractivity contribution in [2.24, 2.45) is 0 Å². The van der Waals surface area contributed by atoms with Crippen LogP contribution in [0.4, 0.5) is 0 Å². The van der Waals surface area contributed by atoms with E-state index in [0.29, 0.717) is 5.56 Å². The molecule has 1 fully saturated rings. The molecular formula is C13H17N3O3. The Balaban J connectivity index is 1.90. The van der Waals surface area contributed by atoms with E-state index in [2.05, 4.69) is 4.90 Å². The molecule has 6 nitrogen and oxygen atoms in total. The number of nitrogens with zero attached hydrogens (tertiary/aromatic N) is 2. The number of piperazine rings is 1. The molecule has 0 atom stereocenters. The molecule has 0 aromatic heterocycles. The Morgan fingerprint density at radius 3 is 2.37 bits per heavy atom. The van der Waals surface area contributed by atoms with E-state index in [1.807, 2.05) is 12.1 Å². The van der Waals surface area contributed by atoms with Crippen molar-refractivity contribution < 1.29 is 14.8 Å². The fraction of sp³-hybridized carbons (Fsp3) is 0.385. The van der Waals surface area contributed by atoms with Gasteiger partial charge in [-0.15, -0.1) is 0 Å². The van der Waals surface area contributed by atoms with Crippen molar-refractivity contribution in [3.63, 3.8) is 0 Å². The van der Waals surface area contributed by atoms with E-state index >= 15 is 0 Å². The number of hydroxylamine groups is 1. The Kier molecular flexibility index (Phi) is 4.48. The topological polar surface area (TPSA) is 72.9 Å². The van der Waals surface area contributed by atoms with Gasteiger partial charge < -0.3 is 4.90 Å². The first-order valence-electron chi connectivity index (χ1n) is 6.18. The van der Waals surface area contributed by atoms with Crippen LogP contribution >= 0.6 is 0 Å². The Hall–Kier alpha value is -1.92. The molecule has 1 aromatic carbocycles. The van der Waals surface area contributed by atoms with E-state index in [1.165, 1.54) is 0 Å². The average Bonchev–Trinajstić information content (AvgIpc) is 2.48. The smallest absolute Gasteiger partial charge is 0.274 e. The summed E-state index contributed by atoms with van der Waals surface area (Å²) in [6, 6.07) is 7.11. The van der Waals surface area contributed by atoms with Crippen LogP contribution in [0.5, 0.6) is 0 Å². The van der Waals surface area contributed by atoms with Crippen LogP contribution in [-0.2, 0) is 11.3 Å². The van der Waals surface area contributed by atoms with Gasteiger partial charge in [-0.3, -0.25) is 19.7 Å².